The molecule has 14 heavy (non-hydrogen) atoms. The predicted molar refractivity (Wildman–Crippen MR) is 54.6 cm³/mol. The Balaban J connectivity index is 2.76. The average Bonchev–Trinajstić information content (AvgIpc) is 2.18. The number of Topliss-reactive ketones (excluding diaryl/α,β-unsaturated/α-hetero) is 1. The van der Waals surface area contributed by atoms with E-state index in [0.717, 1.165) is 10.5 Å². The molecule has 0 radical (unpaired) electrons. The molecule has 1 N–H and O–H groups in total. The molecule has 0 aromatic heterocycles. The third-order valence-corrected chi connectivity index (χ3v) is 2.46. The van der Waals surface area contributed by atoms with E-state index < -0.39 is 11.8 Å². The molecule has 74 valence electrons. The van der Waals surface area contributed by atoms with E-state index in [1.54, 1.807) is 17.8 Å². The van der Waals surface area contributed by atoms with Crippen molar-refractivity contribution in [3.05, 3.63) is 29.8 Å². The fourth-order valence-corrected chi connectivity index (χ4v) is 1.53. The molecule has 0 aliphatic carbocycles. The number of benzene rings is 1. The molecular formula is C10H10O3S. The summed E-state index contributed by atoms with van der Waals surface area (Å²) in [4.78, 5) is 22.2. The van der Waals surface area contributed by atoms with Gasteiger partial charge in [0.25, 0.3) is 0 Å². The summed E-state index contributed by atoms with van der Waals surface area (Å²) in [6.45, 7) is 0. The van der Waals surface area contributed by atoms with Crippen LogP contribution in [0.4, 0.5) is 0 Å². The van der Waals surface area contributed by atoms with Crippen molar-refractivity contribution in [1.82, 2.24) is 0 Å². The van der Waals surface area contributed by atoms with Crippen LogP contribution in [0.25, 0.3) is 0 Å². The molecule has 0 aliphatic rings. The molecule has 0 aliphatic heterocycles. The number of hydrogen-bond donors (Lipinski definition) is 1. The second kappa shape index (κ2) is 4.81. The zero-order chi connectivity index (χ0) is 10.6. The maximum Gasteiger partial charge on any atom is 0.372 e. The molecule has 0 saturated carbocycles. The standard InChI is InChI=1S/C10H10O3S/c1-14-8-4-2-3-7(5-8)6-9(11)10(12)13/h2-5H,6H2,1H3,(H,12,13). The van der Waals surface area contributed by atoms with Gasteiger partial charge in [-0.25, -0.2) is 4.79 Å². The summed E-state index contributed by atoms with van der Waals surface area (Å²) in [5.41, 5.74) is 0.740. The minimum atomic E-state index is -1.38. The molecule has 0 bridgehead atoms. The van der Waals surface area contributed by atoms with Crippen LogP contribution in [0, 0.1) is 0 Å². The number of ketones is 1. The molecule has 0 unspecified atom stereocenters. The number of hydrogen-bond acceptors (Lipinski definition) is 3. The number of aliphatic carboxylic acids is 1. The molecule has 0 heterocycles. The van der Waals surface area contributed by atoms with E-state index in [1.807, 2.05) is 24.5 Å². The van der Waals surface area contributed by atoms with Gasteiger partial charge in [-0.15, -0.1) is 11.8 Å². The molecular weight excluding hydrogens is 200 g/mol. The van der Waals surface area contributed by atoms with E-state index in [9.17, 15) is 9.59 Å². The molecule has 1 aromatic rings. The van der Waals surface area contributed by atoms with Crippen LogP contribution in [-0.2, 0) is 16.0 Å². The van der Waals surface area contributed by atoms with Crippen LogP contribution < -0.4 is 0 Å². The summed E-state index contributed by atoms with van der Waals surface area (Å²) in [5.74, 6) is -2.15. The number of carboxylic acids is 1. The molecule has 0 atom stereocenters. The van der Waals surface area contributed by atoms with Gasteiger partial charge in [0.15, 0.2) is 0 Å². The third kappa shape index (κ3) is 2.88. The number of rotatable bonds is 4. The third-order valence-electron chi connectivity index (χ3n) is 1.74. The summed E-state index contributed by atoms with van der Waals surface area (Å²) in [6, 6.07) is 7.31. The molecule has 1 rings (SSSR count). The lowest BCUT2D eigenvalue weighted by Gasteiger charge is -2.00. The van der Waals surface area contributed by atoms with E-state index in [1.165, 1.54) is 0 Å². The van der Waals surface area contributed by atoms with Gasteiger partial charge in [-0.3, -0.25) is 4.79 Å². The molecule has 0 saturated heterocycles. The Morgan fingerprint density at radius 1 is 1.43 bits per heavy atom. The monoisotopic (exact) mass is 210 g/mol. The minimum absolute atomic E-state index is 0.0380. The largest absolute Gasteiger partial charge is 0.475 e. The molecule has 0 amide bonds. The highest BCUT2D eigenvalue weighted by atomic mass is 32.2. The van der Waals surface area contributed by atoms with Crippen LogP contribution >= 0.6 is 11.8 Å². The Hall–Kier alpha value is -1.29. The lowest BCUT2D eigenvalue weighted by atomic mass is 10.1. The van der Waals surface area contributed by atoms with Crippen molar-refractivity contribution in [2.24, 2.45) is 0 Å². The Labute approximate surface area is 86.1 Å². The Morgan fingerprint density at radius 2 is 2.14 bits per heavy atom. The van der Waals surface area contributed by atoms with Crippen molar-refractivity contribution < 1.29 is 14.7 Å². The quantitative estimate of drug-likeness (QED) is 0.606. The summed E-state index contributed by atoms with van der Waals surface area (Å²) in [6.07, 6.45) is 1.89. The maximum atomic E-state index is 10.9. The average molecular weight is 210 g/mol. The molecule has 4 heteroatoms. The normalized spacial score (nSPS) is 9.79. The second-order valence-electron chi connectivity index (χ2n) is 2.76. The van der Waals surface area contributed by atoms with Gasteiger partial charge in [0, 0.05) is 11.3 Å². The summed E-state index contributed by atoms with van der Waals surface area (Å²) < 4.78 is 0. The van der Waals surface area contributed by atoms with Gasteiger partial charge in [0.1, 0.15) is 0 Å². The Bertz CT molecular complexity index is 360. The first-order chi connectivity index (χ1) is 6.63. The number of carboxylic acid groups (broad SMARTS) is 1. The predicted octanol–water partition coefficient (Wildman–Crippen LogP) is 1.60. The van der Waals surface area contributed by atoms with E-state index >= 15 is 0 Å². The van der Waals surface area contributed by atoms with Gasteiger partial charge in [-0.2, -0.15) is 0 Å². The van der Waals surface area contributed by atoms with Crippen LogP contribution in [-0.4, -0.2) is 23.1 Å². The van der Waals surface area contributed by atoms with Crippen molar-refractivity contribution in [1.29, 1.82) is 0 Å². The zero-order valence-electron chi connectivity index (χ0n) is 7.69. The lowest BCUT2D eigenvalue weighted by Crippen LogP contribution is -2.14. The van der Waals surface area contributed by atoms with Gasteiger partial charge < -0.3 is 5.11 Å². The lowest BCUT2D eigenvalue weighted by molar-refractivity contribution is -0.148. The summed E-state index contributed by atoms with van der Waals surface area (Å²) in [7, 11) is 0. The van der Waals surface area contributed by atoms with E-state index in [4.69, 9.17) is 5.11 Å². The van der Waals surface area contributed by atoms with Gasteiger partial charge in [-0.1, -0.05) is 12.1 Å². The van der Waals surface area contributed by atoms with Crippen molar-refractivity contribution in [2.75, 3.05) is 6.26 Å². The van der Waals surface area contributed by atoms with Crippen LogP contribution in [0.2, 0.25) is 0 Å². The van der Waals surface area contributed by atoms with Gasteiger partial charge in [-0.05, 0) is 24.0 Å². The van der Waals surface area contributed by atoms with Crippen LogP contribution in [0.15, 0.2) is 29.2 Å². The molecule has 0 spiro atoms. The highest BCUT2D eigenvalue weighted by molar-refractivity contribution is 7.98. The van der Waals surface area contributed by atoms with Gasteiger partial charge >= 0.3 is 5.97 Å². The van der Waals surface area contributed by atoms with E-state index in [-0.39, 0.29) is 6.42 Å². The summed E-state index contributed by atoms with van der Waals surface area (Å²) >= 11 is 1.56. The SMILES string of the molecule is CSc1cccc(CC(=O)C(=O)O)c1. The Morgan fingerprint density at radius 3 is 2.71 bits per heavy atom. The molecule has 3 nitrogen and oxygen atoms in total. The van der Waals surface area contributed by atoms with Crippen molar-refractivity contribution in [3.8, 4) is 0 Å². The first kappa shape index (κ1) is 10.8. The van der Waals surface area contributed by atoms with Crippen molar-refractivity contribution in [2.45, 2.75) is 11.3 Å². The fraction of sp³-hybridized carbons (Fsp3) is 0.200. The molecule has 0 fully saturated rings. The minimum Gasteiger partial charge on any atom is -0.475 e. The smallest absolute Gasteiger partial charge is 0.372 e. The van der Waals surface area contributed by atoms with Gasteiger partial charge in [0.05, 0.1) is 0 Å². The molecule has 1 aromatic carbocycles. The topological polar surface area (TPSA) is 54.4 Å². The zero-order valence-corrected chi connectivity index (χ0v) is 8.50. The number of thioether (sulfide) groups is 1. The van der Waals surface area contributed by atoms with Crippen LogP contribution in [0.5, 0.6) is 0 Å². The highest BCUT2D eigenvalue weighted by Crippen LogP contribution is 2.16. The first-order valence-corrected chi connectivity index (χ1v) is 5.25. The highest BCUT2D eigenvalue weighted by Gasteiger charge is 2.11. The Kier molecular flexibility index (Phi) is 3.71. The number of carbonyl (C=O) groups is 2. The second-order valence-corrected chi connectivity index (χ2v) is 3.64. The van der Waals surface area contributed by atoms with Gasteiger partial charge in [0.2, 0.25) is 5.78 Å². The number of carbonyl (C=O) groups excluding carboxylic acids is 1. The fourth-order valence-electron chi connectivity index (χ4n) is 1.04. The van der Waals surface area contributed by atoms with E-state index in [0.29, 0.717) is 0 Å². The van der Waals surface area contributed by atoms with Crippen molar-refractivity contribution >= 4 is 23.5 Å². The van der Waals surface area contributed by atoms with Crippen LogP contribution in [0.1, 0.15) is 5.56 Å². The maximum absolute atomic E-state index is 10.9. The van der Waals surface area contributed by atoms with Crippen LogP contribution in [0.3, 0.4) is 0 Å². The van der Waals surface area contributed by atoms with E-state index in [2.05, 4.69) is 0 Å². The van der Waals surface area contributed by atoms with Crippen molar-refractivity contribution in [3.63, 3.8) is 0 Å². The summed E-state index contributed by atoms with van der Waals surface area (Å²) in [5, 5.41) is 8.42. The first-order valence-electron chi connectivity index (χ1n) is 4.02.